The third-order valence-electron chi connectivity index (χ3n) is 6.37. The van der Waals surface area contributed by atoms with Crippen molar-refractivity contribution in [3.63, 3.8) is 0 Å². The first kappa shape index (κ1) is 31.9. The van der Waals surface area contributed by atoms with E-state index in [2.05, 4.69) is 21.2 Å². The summed E-state index contributed by atoms with van der Waals surface area (Å²) in [5.41, 5.74) is 1.75. The Bertz CT molecular complexity index is 1440. The first-order chi connectivity index (χ1) is 18.9. The predicted molar refractivity (Wildman–Crippen MR) is 165 cm³/mol. The maximum atomic E-state index is 14.1. The fraction of sp³-hybridized carbons (Fsp3) is 0.310. The van der Waals surface area contributed by atoms with Crippen molar-refractivity contribution in [2.75, 3.05) is 17.1 Å². The highest BCUT2D eigenvalue weighted by atomic mass is 79.9. The molecule has 0 bridgehead atoms. The average Bonchev–Trinajstić information content (AvgIpc) is 2.89. The van der Waals surface area contributed by atoms with Crippen LogP contribution in [0, 0.1) is 0 Å². The van der Waals surface area contributed by atoms with Crippen LogP contribution in [0.3, 0.4) is 0 Å². The van der Waals surface area contributed by atoms with Gasteiger partial charge >= 0.3 is 0 Å². The number of sulfonamides is 1. The molecular formula is C29H32BrCl2N3O4S. The normalized spacial score (nSPS) is 12.8. The largest absolute Gasteiger partial charge is 0.352 e. The summed E-state index contributed by atoms with van der Waals surface area (Å²) in [7, 11) is -3.94. The standard InChI is InChI=1S/C29H32BrCl2N3O4S/c1-4-20(2)33-29(37)27(16-21-9-6-5-7-10-21)34(18-22-11-8-12-23(30)15-22)28(36)19-35(40(3,38)39)26-14-13-24(31)17-25(26)32/h5-15,17,20,27H,4,16,18-19H2,1-3H3,(H,33,37). The highest BCUT2D eigenvalue weighted by Crippen LogP contribution is 2.31. The third kappa shape index (κ3) is 8.96. The maximum Gasteiger partial charge on any atom is 0.244 e. The Labute approximate surface area is 254 Å². The number of benzene rings is 3. The summed E-state index contributed by atoms with van der Waals surface area (Å²) >= 11 is 15.8. The Morgan fingerprint density at radius 2 is 1.65 bits per heavy atom. The molecule has 40 heavy (non-hydrogen) atoms. The van der Waals surface area contributed by atoms with E-state index >= 15 is 0 Å². The van der Waals surface area contributed by atoms with Gasteiger partial charge in [0.05, 0.1) is 17.0 Å². The molecule has 0 radical (unpaired) electrons. The van der Waals surface area contributed by atoms with E-state index in [-0.39, 0.29) is 35.6 Å². The minimum absolute atomic E-state index is 0.0790. The van der Waals surface area contributed by atoms with Crippen LogP contribution < -0.4 is 9.62 Å². The van der Waals surface area contributed by atoms with Crippen molar-refractivity contribution >= 4 is 66.7 Å². The predicted octanol–water partition coefficient (Wildman–Crippen LogP) is 6.08. The Kier molecular flexibility index (Phi) is 11.5. The van der Waals surface area contributed by atoms with Gasteiger partial charge in [-0.1, -0.05) is 88.5 Å². The van der Waals surface area contributed by atoms with Crippen LogP contribution in [0.1, 0.15) is 31.4 Å². The summed E-state index contributed by atoms with van der Waals surface area (Å²) in [5.74, 6) is -0.881. The van der Waals surface area contributed by atoms with Crippen LogP contribution in [-0.4, -0.2) is 50.0 Å². The van der Waals surface area contributed by atoms with E-state index in [1.165, 1.54) is 23.1 Å². The van der Waals surface area contributed by atoms with Gasteiger partial charge in [-0.15, -0.1) is 0 Å². The molecule has 7 nitrogen and oxygen atoms in total. The first-order valence-electron chi connectivity index (χ1n) is 12.7. The molecule has 214 valence electrons. The topological polar surface area (TPSA) is 86.8 Å². The van der Waals surface area contributed by atoms with Crippen molar-refractivity contribution in [2.45, 2.75) is 45.3 Å². The summed E-state index contributed by atoms with van der Waals surface area (Å²) in [4.78, 5) is 29.2. The Morgan fingerprint density at radius 3 is 2.25 bits per heavy atom. The Balaban J connectivity index is 2.08. The van der Waals surface area contributed by atoms with Crippen molar-refractivity contribution in [1.82, 2.24) is 10.2 Å². The fourth-order valence-electron chi connectivity index (χ4n) is 4.11. The van der Waals surface area contributed by atoms with Gasteiger partial charge in [0.1, 0.15) is 12.6 Å². The number of nitrogens with one attached hydrogen (secondary N) is 1. The van der Waals surface area contributed by atoms with Crippen molar-refractivity contribution in [1.29, 1.82) is 0 Å². The number of rotatable bonds is 12. The van der Waals surface area contributed by atoms with E-state index in [1.54, 1.807) is 0 Å². The second-order valence-electron chi connectivity index (χ2n) is 9.54. The summed E-state index contributed by atoms with van der Waals surface area (Å²) in [6.07, 6.45) is 1.95. The number of carbonyl (C=O) groups excluding carboxylic acids is 2. The van der Waals surface area contributed by atoms with Crippen LogP contribution in [0.25, 0.3) is 0 Å². The molecular weight excluding hydrogens is 637 g/mol. The van der Waals surface area contributed by atoms with Gasteiger partial charge in [0.15, 0.2) is 0 Å². The molecule has 0 aliphatic rings. The number of nitrogens with zero attached hydrogens (tertiary/aromatic N) is 2. The first-order valence-corrected chi connectivity index (χ1v) is 16.1. The zero-order valence-corrected chi connectivity index (χ0v) is 26.4. The van der Waals surface area contributed by atoms with Gasteiger partial charge in [0.25, 0.3) is 0 Å². The van der Waals surface area contributed by atoms with E-state index in [9.17, 15) is 18.0 Å². The summed E-state index contributed by atoms with van der Waals surface area (Å²) in [6, 6.07) is 20.1. The molecule has 2 atom stereocenters. The average molecular weight is 669 g/mol. The molecule has 3 aromatic carbocycles. The van der Waals surface area contributed by atoms with Gasteiger partial charge in [0.2, 0.25) is 21.8 Å². The lowest BCUT2D eigenvalue weighted by atomic mass is 10.0. The molecule has 0 spiro atoms. The molecule has 3 aromatic rings. The molecule has 0 aliphatic heterocycles. The van der Waals surface area contributed by atoms with Crippen LogP contribution in [-0.2, 0) is 32.6 Å². The van der Waals surface area contributed by atoms with E-state index in [0.29, 0.717) is 11.4 Å². The van der Waals surface area contributed by atoms with E-state index < -0.39 is 28.5 Å². The second kappa shape index (κ2) is 14.3. The highest BCUT2D eigenvalue weighted by molar-refractivity contribution is 9.10. The summed E-state index contributed by atoms with van der Waals surface area (Å²) < 4.78 is 27.5. The molecule has 0 saturated heterocycles. The van der Waals surface area contributed by atoms with E-state index in [1.807, 2.05) is 68.4 Å². The van der Waals surface area contributed by atoms with Crippen molar-refractivity contribution in [2.24, 2.45) is 0 Å². The quantitative estimate of drug-likeness (QED) is 0.254. The highest BCUT2D eigenvalue weighted by Gasteiger charge is 2.34. The van der Waals surface area contributed by atoms with E-state index in [0.717, 1.165) is 26.2 Å². The monoisotopic (exact) mass is 667 g/mol. The molecule has 0 fully saturated rings. The van der Waals surface area contributed by atoms with Gasteiger partial charge < -0.3 is 10.2 Å². The summed E-state index contributed by atoms with van der Waals surface area (Å²) in [5, 5.41) is 3.41. The van der Waals surface area contributed by atoms with Gasteiger partial charge in [-0.3, -0.25) is 13.9 Å². The molecule has 11 heteroatoms. The molecule has 0 aromatic heterocycles. The number of halogens is 3. The number of amides is 2. The lowest BCUT2D eigenvalue weighted by molar-refractivity contribution is -0.140. The minimum atomic E-state index is -3.94. The van der Waals surface area contributed by atoms with Crippen molar-refractivity contribution in [3.8, 4) is 0 Å². The van der Waals surface area contributed by atoms with Gasteiger partial charge in [-0.25, -0.2) is 8.42 Å². The Hall–Kier alpha value is -2.59. The zero-order valence-electron chi connectivity index (χ0n) is 22.5. The number of hydrogen-bond donors (Lipinski definition) is 1. The van der Waals surface area contributed by atoms with Crippen LogP contribution >= 0.6 is 39.1 Å². The third-order valence-corrected chi connectivity index (χ3v) is 8.53. The second-order valence-corrected chi connectivity index (χ2v) is 13.2. The molecule has 2 unspecified atom stereocenters. The van der Waals surface area contributed by atoms with E-state index in [4.69, 9.17) is 23.2 Å². The minimum Gasteiger partial charge on any atom is -0.352 e. The summed E-state index contributed by atoms with van der Waals surface area (Å²) in [6.45, 7) is 3.37. The molecule has 1 N–H and O–H groups in total. The molecule has 0 aliphatic carbocycles. The van der Waals surface area contributed by atoms with Crippen molar-refractivity contribution in [3.05, 3.63) is 98.4 Å². The number of hydrogen-bond acceptors (Lipinski definition) is 4. The lowest BCUT2D eigenvalue weighted by Crippen LogP contribution is -2.54. The smallest absolute Gasteiger partial charge is 0.244 e. The zero-order chi connectivity index (χ0) is 29.4. The molecule has 0 heterocycles. The van der Waals surface area contributed by atoms with Crippen LogP contribution in [0.5, 0.6) is 0 Å². The van der Waals surface area contributed by atoms with Crippen LogP contribution in [0.2, 0.25) is 10.0 Å². The van der Waals surface area contributed by atoms with Crippen LogP contribution in [0.4, 0.5) is 5.69 Å². The Morgan fingerprint density at radius 1 is 0.975 bits per heavy atom. The molecule has 0 saturated carbocycles. The fourth-order valence-corrected chi connectivity index (χ4v) is 5.97. The van der Waals surface area contributed by atoms with Gasteiger partial charge in [-0.2, -0.15) is 0 Å². The number of carbonyl (C=O) groups is 2. The maximum absolute atomic E-state index is 14.1. The molecule has 3 rings (SSSR count). The number of anilines is 1. The molecule has 2 amide bonds. The van der Waals surface area contributed by atoms with Gasteiger partial charge in [0, 0.05) is 28.5 Å². The SMILES string of the molecule is CCC(C)NC(=O)C(Cc1ccccc1)N(Cc1cccc(Br)c1)C(=O)CN(c1ccc(Cl)cc1Cl)S(C)(=O)=O. The van der Waals surface area contributed by atoms with Crippen LogP contribution in [0.15, 0.2) is 77.3 Å². The lowest BCUT2D eigenvalue weighted by Gasteiger charge is -2.34. The van der Waals surface area contributed by atoms with Gasteiger partial charge in [-0.05, 0) is 54.8 Å². The van der Waals surface area contributed by atoms with Crippen molar-refractivity contribution < 1.29 is 18.0 Å².